The van der Waals surface area contributed by atoms with Crippen molar-refractivity contribution < 1.29 is 4.74 Å². The summed E-state index contributed by atoms with van der Waals surface area (Å²) in [7, 11) is 0. The summed E-state index contributed by atoms with van der Waals surface area (Å²) in [5.74, 6) is 2.53. The second kappa shape index (κ2) is 14.8. The Kier molecular flexibility index (Phi) is 10.7. The Hall–Kier alpha value is -5.03. The van der Waals surface area contributed by atoms with Crippen LogP contribution in [0.15, 0.2) is 103 Å². The first kappa shape index (κ1) is 44.0. The van der Waals surface area contributed by atoms with Crippen LogP contribution in [0.1, 0.15) is 152 Å². The number of anilines is 2. The molecule has 0 saturated carbocycles. The molecule has 0 fully saturated rings. The molecule has 0 atom stereocenters. The molecule has 4 aromatic carbocycles. The minimum absolute atomic E-state index is 0.000453. The molecule has 0 unspecified atom stereocenters. The van der Waals surface area contributed by atoms with Crippen molar-refractivity contribution >= 4 is 33.2 Å². The molecule has 61 heavy (non-hydrogen) atoms. The molecular formula is C56H72N4O. The van der Waals surface area contributed by atoms with E-state index in [-0.39, 0.29) is 32.5 Å². The number of hydrogen-bond acceptors (Lipinski definition) is 4. The molecule has 0 saturated heterocycles. The highest BCUT2D eigenvalue weighted by molar-refractivity contribution is 6.09. The van der Waals surface area contributed by atoms with Gasteiger partial charge in [0.2, 0.25) is 0 Å². The first-order valence-corrected chi connectivity index (χ1v) is 22.3. The van der Waals surface area contributed by atoms with E-state index in [1.54, 1.807) is 0 Å². The van der Waals surface area contributed by atoms with E-state index in [0.717, 1.165) is 34.0 Å². The van der Waals surface area contributed by atoms with Crippen molar-refractivity contribution in [3.05, 3.63) is 131 Å². The molecule has 0 radical (unpaired) electrons. The molecule has 0 bridgehead atoms. The van der Waals surface area contributed by atoms with Crippen molar-refractivity contribution in [3.8, 4) is 17.3 Å². The maximum absolute atomic E-state index is 7.01. The van der Waals surface area contributed by atoms with Gasteiger partial charge in [0.25, 0.3) is 0 Å². The predicted molar refractivity (Wildman–Crippen MR) is 262 cm³/mol. The maximum atomic E-state index is 7.01. The van der Waals surface area contributed by atoms with Crippen LogP contribution in [0.25, 0.3) is 27.6 Å². The third kappa shape index (κ3) is 8.99. The van der Waals surface area contributed by atoms with E-state index in [9.17, 15) is 0 Å². The maximum Gasteiger partial charge on any atom is 0.137 e. The minimum atomic E-state index is -0.106. The van der Waals surface area contributed by atoms with E-state index in [1.165, 1.54) is 50.0 Å². The lowest BCUT2D eigenvalue weighted by Gasteiger charge is -2.32. The molecule has 0 aliphatic carbocycles. The fourth-order valence-corrected chi connectivity index (χ4v) is 8.25. The lowest BCUT2D eigenvalue weighted by Crippen LogP contribution is -2.31. The Morgan fingerprint density at radius 1 is 0.443 bits per heavy atom. The Morgan fingerprint density at radius 2 is 0.951 bits per heavy atom. The third-order valence-electron chi connectivity index (χ3n) is 12.4. The molecule has 1 aliphatic heterocycles. The van der Waals surface area contributed by atoms with Gasteiger partial charge in [-0.3, -0.25) is 4.57 Å². The third-order valence-corrected chi connectivity index (χ3v) is 12.4. The summed E-state index contributed by atoms with van der Waals surface area (Å²) in [6.45, 7) is 42.0. The first-order valence-electron chi connectivity index (χ1n) is 22.3. The number of nitrogens with zero attached hydrogens (tertiary/aromatic N) is 4. The minimum Gasteiger partial charge on any atom is -0.457 e. The average molecular weight is 817 g/mol. The van der Waals surface area contributed by atoms with Gasteiger partial charge in [-0.15, -0.1) is 0 Å². The zero-order chi connectivity index (χ0) is 44.8. The van der Waals surface area contributed by atoms with Crippen LogP contribution in [0.3, 0.4) is 0 Å². The Labute approximate surface area is 367 Å². The normalized spacial score (nSPS) is 14.7. The van der Waals surface area contributed by atoms with Gasteiger partial charge in [0, 0.05) is 57.8 Å². The molecule has 6 aromatic rings. The molecule has 5 heteroatoms. The van der Waals surface area contributed by atoms with Crippen molar-refractivity contribution in [2.24, 2.45) is 5.41 Å². The molecule has 0 spiro atoms. The van der Waals surface area contributed by atoms with Gasteiger partial charge in [0.1, 0.15) is 17.3 Å². The van der Waals surface area contributed by atoms with E-state index in [0.29, 0.717) is 6.67 Å². The Bertz CT molecular complexity index is 2620. The van der Waals surface area contributed by atoms with Gasteiger partial charge in [-0.2, -0.15) is 0 Å². The van der Waals surface area contributed by atoms with E-state index < -0.39 is 0 Å². The smallest absolute Gasteiger partial charge is 0.137 e. The number of aromatic nitrogens is 2. The highest BCUT2D eigenvalue weighted by atomic mass is 16.5. The number of ether oxygens (including phenoxy) is 1. The SMILES string of the molecule is CC(C)(C)C1=CN(c2cc(C(C)(C)C)cc(C(C)(C)C)c2)CN1c1cc(Oc2ccc3c4ccc(C(C)(C)C)cc4n(-c4cc(C(C)(C)C)ccn4)c3c2)cc(C(C)(C)C)c1. The number of allylic oxidation sites excluding steroid dienone is 1. The molecule has 1 aliphatic rings. The Morgan fingerprint density at radius 3 is 1.51 bits per heavy atom. The van der Waals surface area contributed by atoms with Gasteiger partial charge in [-0.1, -0.05) is 143 Å². The Balaban J connectivity index is 1.35. The summed E-state index contributed by atoms with van der Waals surface area (Å²) < 4.78 is 9.34. The second-order valence-electron chi connectivity index (χ2n) is 23.8. The zero-order valence-corrected chi connectivity index (χ0v) is 40.6. The number of pyridine rings is 1. The van der Waals surface area contributed by atoms with Crippen molar-refractivity contribution in [3.63, 3.8) is 0 Å². The number of benzene rings is 4. The van der Waals surface area contributed by atoms with Crippen molar-refractivity contribution in [2.45, 2.75) is 152 Å². The largest absolute Gasteiger partial charge is 0.457 e. The van der Waals surface area contributed by atoms with Crippen LogP contribution in [0, 0.1) is 5.41 Å². The van der Waals surface area contributed by atoms with Crippen molar-refractivity contribution in [2.75, 3.05) is 16.5 Å². The van der Waals surface area contributed by atoms with Gasteiger partial charge in [0.15, 0.2) is 0 Å². The topological polar surface area (TPSA) is 33.5 Å². The summed E-state index contributed by atoms with van der Waals surface area (Å²) in [6.07, 6.45) is 4.32. The van der Waals surface area contributed by atoms with Crippen LogP contribution in [0.2, 0.25) is 0 Å². The quantitative estimate of drug-likeness (QED) is 0.174. The van der Waals surface area contributed by atoms with E-state index >= 15 is 0 Å². The molecule has 3 heterocycles. The highest BCUT2D eigenvalue weighted by Gasteiger charge is 2.34. The molecule has 322 valence electrons. The van der Waals surface area contributed by atoms with Gasteiger partial charge in [-0.05, 0) is 109 Å². The van der Waals surface area contributed by atoms with Gasteiger partial charge < -0.3 is 14.5 Å². The summed E-state index contributed by atoms with van der Waals surface area (Å²) >= 11 is 0. The van der Waals surface area contributed by atoms with Crippen LogP contribution >= 0.6 is 0 Å². The van der Waals surface area contributed by atoms with Crippen LogP contribution in [0.4, 0.5) is 11.4 Å². The van der Waals surface area contributed by atoms with Crippen molar-refractivity contribution in [1.82, 2.24) is 9.55 Å². The molecule has 2 aromatic heterocycles. The highest BCUT2D eigenvalue weighted by Crippen LogP contribution is 2.44. The molecule has 0 amide bonds. The monoisotopic (exact) mass is 817 g/mol. The van der Waals surface area contributed by atoms with Crippen LogP contribution in [-0.4, -0.2) is 16.2 Å². The molecular weight excluding hydrogens is 745 g/mol. The van der Waals surface area contributed by atoms with E-state index in [2.05, 4.69) is 230 Å². The van der Waals surface area contributed by atoms with E-state index in [1.807, 2.05) is 6.20 Å². The standard InChI is InChI=1S/C56H72N4O/c1-51(2,3)36-19-21-45-46-22-20-43(33-48(46)60(47(45)30-36)50-31-37(23-24-57-50)52(4,5)6)61-44-29-40(55(13,14)15)28-42(32-44)59-35-58(34-49(59)56(16,17)18)41-26-38(53(7,8)9)25-39(27-41)54(10,11)12/h19-34H,35H2,1-18H3. The summed E-state index contributed by atoms with van der Waals surface area (Å²) in [5, 5.41) is 2.38. The zero-order valence-electron chi connectivity index (χ0n) is 40.6. The predicted octanol–water partition coefficient (Wildman–Crippen LogP) is 15.6. The van der Waals surface area contributed by atoms with Crippen molar-refractivity contribution in [1.29, 1.82) is 0 Å². The average Bonchev–Trinajstić information content (AvgIpc) is 3.73. The van der Waals surface area contributed by atoms with Crippen LogP contribution in [0.5, 0.6) is 11.5 Å². The second-order valence-corrected chi connectivity index (χ2v) is 23.8. The molecule has 0 N–H and O–H groups in total. The molecule has 7 rings (SSSR count). The van der Waals surface area contributed by atoms with Crippen LogP contribution < -0.4 is 14.5 Å². The lowest BCUT2D eigenvalue weighted by molar-refractivity contribution is 0.477. The number of fused-ring (bicyclic) bond motifs is 3. The van der Waals surface area contributed by atoms with Gasteiger partial charge in [0.05, 0.1) is 17.7 Å². The van der Waals surface area contributed by atoms with E-state index in [4.69, 9.17) is 9.72 Å². The number of hydrogen-bond donors (Lipinski definition) is 0. The summed E-state index contributed by atoms with van der Waals surface area (Å²) in [5.41, 5.74) is 12.2. The fourth-order valence-electron chi connectivity index (χ4n) is 8.25. The number of rotatable bonds is 5. The fraction of sp³-hybridized carbons (Fsp3) is 0.446. The first-order chi connectivity index (χ1) is 28.0. The van der Waals surface area contributed by atoms with Crippen LogP contribution in [-0.2, 0) is 27.1 Å². The summed E-state index contributed by atoms with van der Waals surface area (Å²) in [6, 6.07) is 31.9. The summed E-state index contributed by atoms with van der Waals surface area (Å²) in [4.78, 5) is 9.92. The lowest BCUT2D eigenvalue weighted by atomic mass is 9.80. The van der Waals surface area contributed by atoms with Gasteiger partial charge >= 0.3 is 0 Å². The van der Waals surface area contributed by atoms with Gasteiger partial charge in [-0.25, -0.2) is 4.98 Å². The molecule has 5 nitrogen and oxygen atoms in total.